The first-order valence-electron chi connectivity index (χ1n) is 9.89. The van der Waals surface area contributed by atoms with Crippen molar-refractivity contribution in [3.05, 3.63) is 42.7 Å². The van der Waals surface area contributed by atoms with Gasteiger partial charge in [0, 0.05) is 24.5 Å². The molecule has 0 aliphatic rings. The van der Waals surface area contributed by atoms with E-state index in [0.717, 1.165) is 22.4 Å². The molecule has 156 valence electrons. The fraction of sp³-hybridized carbons (Fsp3) is 0.381. The van der Waals surface area contributed by atoms with E-state index in [1.807, 2.05) is 19.2 Å². The Morgan fingerprint density at radius 3 is 2.67 bits per heavy atom. The molecule has 4 aromatic heterocycles. The zero-order valence-corrected chi connectivity index (χ0v) is 17.8. The van der Waals surface area contributed by atoms with Crippen molar-refractivity contribution in [1.29, 1.82) is 0 Å². The van der Waals surface area contributed by atoms with Crippen LogP contribution in [0.25, 0.3) is 22.4 Å². The summed E-state index contributed by atoms with van der Waals surface area (Å²) >= 11 is 0. The van der Waals surface area contributed by atoms with Crippen LogP contribution in [0.1, 0.15) is 39.6 Å². The number of fused-ring (bicyclic) bond motifs is 1. The highest BCUT2D eigenvalue weighted by atomic mass is 16.3. The summed E-state index contributed by atoms with van der Waals surface area (Å²) in [6, 6.07) is 4.08. The number of nitrogens with one attached hydrogen (secondary N) is 1. The molecule has 2 N–H and O–H groups in total. The Morgan fingerprint density at radius 2 is 1.93 bits per heavy atom. The molecule has 30 heavy (non-hydrogen) atoms. The summed E-state index contributed by atoms with van der Waals surface area (Å²) in [5, 5.41) is 17.5. The molecule has 0 atom stereocenters. The van der Waals surface area contributed by atoms with E-state index in [2.05, 4.69) is 48.8 Å². The number of nitrogens with zero attached hydrogens (tertiary/aromatic N) is 7. The Morgan fingerprint density at radius 1 is 1.13 bits per heavy atom. The smallest absolute Gasteiger partial charge is 0.164 e. The summed E-state index contributed by atoms with van der Waals surface area (Å²) in [4.78, 5) is 18.0. The van der Waals surface area contributed by atoms with Crippen LogP contribution in [0.15, 0.2) is 36.9 Å². The van der Waals surface area contributed by atoms with Crippen molar-refractivity contribution in [2.24, 2.45) is 0 Å². The minimum Gasteiger partial charge on any atom is -0.389 e. The molecule has 0 bridgehead atoms. The van der Waals surface area contributed by atoms with E-state index < -0.39 is 5.60 Å². The van der Waals surface area contributed by atoms with Crippen molar-refractivity contribution in [2.75, 3.05) is 5.32 Å². The van der Waals surface area contributed by atoms with Gasteiger partial charge in [-0.15, -0.1) is 0 Å². The summed E-state index contributed by atoms with van der Waals surface area (Å²) in [7, 11) is 0. The Hall–Kier alpha value is -3.33. The molecule has 0 aliphatic carbocycles. The second-order valence-corrected chi connectivity index (χ2v) is 8.31. The maximum atomic E-state index is 9.97. The monoisotopic (exact) mass is 406 g/mol. The lowest BCUT2D eigenvalue weighted by Crippen LogP contribution is -2.26. The number of aliphatic hydroxyl groups is 1. The summed E-state index contributed by atoms with van der Waals surface area (Å²) in [6.45, 7) is 10.1. The fourth-order valence-electron chi connectivity index (χ4n) is 3.50. The Labute approximate surface area is 174 Å². The van der Waals surface area contributed by atoms with E-state index in [0.29, 0.717) is 30.0 Å². The van der Waals surface area contributed by atoms with Crippen LogP contribution in [-0.2, 0) is 6.54 Å². The third kappa shape index (κ3) is 4.16. The Bertz CT molecular complexity index is 1190. The van der Waals surface area contributed by atoms with Gasteiger partial charge in [0.1, 0.15) is 23.0 Å². The van der Waals surface area contributed by atoms with E-state index >= 15 is 0 Å². The van der Waals surface area contributed by atoms with Gasteiger partial charge in [-0.2, -0.15) is 5.10 Å². The molecule has 0 amide bonds. The predicted molar refractivity (Wildman–Crippen MR) is 115 cm³/mol. The average molecular weight is 406 g/mol. The number of hydrogen-bond donors (Lipinski definition) is 2. The molecule has 0 saturated heterocycles. The van der Waals surface area contributed by atoms with Crippen molar-refractivity contribution < 1.29 is 5.11 Å². The molecule has 9 nitrogen and oxygen atoms in total. The summed E-state index contributed by atoms with van der Waals surface area (Å²) < 4.78 is 3.87. The first kappa shape index (κ1) is 20.0. The van der Waals surface area contributed by atoms with Crippen LogP contribution in [0.3, 0.4) is 0 Å². The van der Waals surface area contributed by atoms with Crippen molar-refractivity contribution in [2.45, 2.75) is 52.8 Å². The largest absolute Gasteiger partial charge is 0.389 e. The van der Waals surface area contributed by atoms with Gasteiger partial charge < -0.3 is 15.0 Å². The lowest BCUT2D eigenvalue weighted by Gasteiger charge is -2.16. The van der Waals surface area contributed by atoms with Gasteiger partial charge in [-0.3, -0.25) is 4.68 Å². The highest BCUT2D eigenvalue weighted by Gasteiger charge is 2.15. The van der Waals surface area contributed by atoms with Gasteiger partial charge in [-0.25, -0.2) is 19.9 Å². The summed E-state index contributed by atoms with van der Waals surface area (Å²) in [5.41, 5.74) is 1.83. The molecule has 0 spiro atoms. The molecule has 4 aromatic rings. The van der Waals surface area contributed by atoms with Gasteiger partial charge in [-0.1, -0.05) is 0 Å². The van der Waals surface area contributed by atoms with Crippen LogP contribution in [0.5, 0.6) is 0 Å². The minimum absolute atomic E-state index is 0.302. The number of aromatic nitrogens is 7. The number of imidazole rings is 1. The third-order valence-corrected chi connectivity index (χ3v) is 4.62. The standard InChI is InChI=1S/C21H26N8O/c1-13(2)29-14(3)25-16-10-23-19(8-17(16)29)26-18-6-7-22-20(27-18)15-9-24-28(11-15)12-21(4,5)30/h6-11,13,30H,12H2,1-5H3,(H,22,23,26,27). The SMILES string of the molecule is Cc1nc2cnc(Nc3ccnc(-c4cnn(CC(C)(C)O)c4)n3)cc2n1C(C)C. The van der Waals surface area contributed by atoms with Crippen molar-refractivity contribution >= 4 is 22.7 Å². The van der Waals surface area contributed by atoms with Crippen LogP contribution in [0, 0.1) is 6.92 Å². The zero-order chi connectivity index (χ0) is 21.5. The summed E-state index contributed by atoms with van der Waals surface area (Å²) in [6.07, 6.45) is 6.98. The molecule has 0 aliphatic heterocycles. The number of pyridine rings is 1. The van der Waals surface area contributed by atoms with E-state index in [-0.39, 0.29) is 0 Å². The van der Waals surface area contributed by atoms with Gasteiger partial charge in [0.15, 0.2) is 5.82 Å². The van der Waals surface area contributed by atoms with Crippen LogP contribution < -0.4 is 5.32 Å². The molecular formula is C21H26N8O. The van der Waals surface area contributed by atoms with E-state index in [1.54, 1.807) is 43.2 Å². The normalized spacial score (nSPS) is 12.1. The molecule has 0 saturated carbocycles. The lowest BCUT2D eigenvalue weighted by molar-refractivity contribution is 0.0577. The van der Waals surface area contributed by atoms with E-state index in [1.165, 1.54) is 0 Å². The van der Waals surface area contributed by atoms with Crippen LogP contribution in [-0.4, -0.2) is 45.0 Å². The van der Waals surface area contributed by atoms with Crippen molar-refractivity contribution in [3.8, 4) is 11.4 Å². The topological polar surface area (TPSA) is 107 Å². The van der Waals surface area contributed by atoms with Gasteiger partial charge in [0.05, 0.1) is 35.6 Å². The van der Waals surface area contributed by atoms with Crippen molar-refractivity contribution in [1.82, 2.24) is 34.3 Å². The molecule has 0 fully saturated rings. The van der Waals surface area contributed by atoms with Gasteiger partial charge in [0.2, 0.25) is 0 Å². The molecule has 0 radical (unpaired) electrons. The van der Waals surface area contributed by atoms with E-state index in [4.69, 9.17) is 0 Å². The lowest BCUT2D eigenvalue weighted by atomic mass is 10.1. The van der Waals surface area contributed by atoms with Gasteiger partial charge in [0.25, 0.3) is 0 Å². The second-order valence-electron chi connectivity index (χ2n) is 8.31. The maximum absolute atomic E-state index is 9.97. The first-order chi connectivity index (χ1) is 14.2. The van der Waals surface area contributed by atoms with Gasteiger partial charge in [-0.05, 0) is 40.7 Å². The number of aryl methyl sites for hydroxylation is 1. The van der Waals surface area contributed by atoms with Crippen LogP contribution >= 0.6 is 0 Å². The average Bonchev–Trinajstić information content (AvgIpc) is 3.23. The molecule has 4 rings (SSSR count). The van der Waals surface area contributed by atoms with E-state index in [9.17, 15) is 5.11 Å². The van der Waals surface area contributed by atoms with Crippen LogP contribution in [0.2, 0.25) is 0 Å². The minimum atomic E-state index is -0.848. The first-order valence-corrected chi connectivity index (χ1v) is 9.89. The quantitative estimate of drug-likeness (QED) is 0.505. The predicted octanol–water partition coefficient (Wildman–Crippen LogP) is 3.49. The highest BCUT2D eigenvalue weighted by molar-refractivity contribution is 5.79. The van der Waals surface area contributed by atoms with Gasteiger partial charge >= 0.3 is 0 Å². The molecule has 0 aromatic carbocycles. The number of hydrogen-bond acceptors (Lipinski definition) is 7. The van der Waals surface area contributed by atoms with Crippen molar-refractivity contribution in [3.63, 3.8) is 0 Å². The fourth-order valence-corrected chi connectivity index (χ4v) is 3.50. The zero-order valence-electron chi connectivity index (χ0n) is 17.8. The maximum Gasteiger partial charge on any atom is 0.164 e. The number of anilines is 2. The molecular weight excluding hydrogens is 380 g/mol. The Kier molecular flexibility index (Phi) is 4.98. The molecule has 9 heteroatoms. The Balaban J connectivity index is 1.60. The van der Waals surface area contributed by atoms with Crippen LogP contribution in [0.4, 0.5) is 11.6 Å². The third-order valence-electron chi connectivity index (χ3n) is 4.62. The molecule has 4 heterocycles. The summed E-state index contributed by atoms with van der Waals surface area (Å²) in [5.74, 6) is 2.83. The second kappa shape index (κ2) is 7.49. The highest BCUT2D eigenvalue weighted by Crippen LogP contribution is 2.24. The molecule has 0 unspecified atom stereocenters. The number of rotatable bonds is 6.